The second-order valence-corrected chi connectivity index (χ2v) is 12.5. The second kappa shape index (κ2) is 15.0. The molecule has 1 heterocycles. The predicted molar refractivity (Wildman–Crippen MR) is 193 cm³/mol. The first-order chi connectivity index (χ1) is 22.6. The van der Waals surface area contributed by atoms with Crippen molar-refractivity contribution in [3.05, 3.63) is 109 Å². The topological polar surface area (TPSA) is 104 Å². The van der Waals surface area contributed by atoms with Gasteiger partial charge in [-0.15, -0.1) is 0 Å². The molecule has 4 aromatic carbocycles. The average molecular weight is 762 g/mol. The van der Waals surface area contributed by atoms with Crippen molar-refractivity contribution in [3.8, 4) is 28.6 Å². The maximum atomic E-state index is 13.9. The number of rotatable bonds is 11. The summed E-state index contributed by atoms with van der Waals surface area (Å²) in [7, 11) is 1.65. The molecule has 0 fully saturated rings. The van der Waals surface area contributed by atoms with E-state index in [9.17, 15) is 9.59 Å². The van der Waals surface area contributed by atoms with Crippen LogP contribution in [0, 0.1) is 6.92 Å². The Morgan fingerprint density at radius 1 is 1.00 bits per heavy atom. The van der Waals surface area contributed by atoms with E-state index in [1.807, 2.05) is 56.3 Å². The first-order valence-electron chi connectivity index (χ1n) is 15.0. The Labute approximate surface area is 289 Å². The van der Waals surface area contributed by atoms with Crippen LogP contribution in [0.5, 0.6) is 17.2 Å². The van der Waals surface area contributed by atoms with E-state index in [1.165, 1.54) is 4.68 Å². The van der Waals surface area contributed by atoms with E-state index >= 15 is 0 Å². The summed E-state index contributed by atoms with van der Waals surface area (Å²) in [4.78, 5) is 31.4. The predicted octanol–water partition coefficient (Wildman–Crippen LogP) is 8.33. The summed E-state index contributed by atoms with van der Waals surface area (Å²) in [6.45, 7) is 8.09. The number of methoxy groups -OCH3 is 1. The fourth-order valence-electron chi connectivity index (χ4n) is 5.04. The third-order valence-corrected chi connectivity index (χ3v) is 9.51. The lowest BCUT2D eigenvalue weighted by Crippen LogP contribution is -2.21. The van der Waals surface area contributed by atoms with Crippen LogP contribution in [0.15, 0.2) is 91.6 Å². The van der Waals surface area contributed by atoms with Crippen molar-refractivity contribution >= 4 is 60.6 Å². The number of anilines is 1. The van der Waals surface area contributed by atoms with E-state index in [4.69, 9.17) is 19.2 Å². The van der Waals surface area contributed by atoms with Gasteiger partial charge in [-0.1, -0.05) is 44.2 Å². The minimum atomic E-state index is -0.322. The molecule has 0 atom stereocenters. The van der Waals surface area contributed by atoms with E-state index in [-0.39, 0.29) is 24.0 Å². The highest BCUT2D eigenvalue weighted by atomic mass is 79.9. The van der Waals surface area contributed by atoms with Gasteiger partial charge in [0.05, 0.1) is 35.3 Å². The van der Waals surface area contributed by atoms with Gasteiger partial charge in [-0.25, -0.2) is 4.98 Å². The molecule has 5 rings (SSSR count). The highest BCUT2D eigenvalue weighted by Gasteiger charge is 2.21. The number of carbonyl (C=O) groups is 1. The Bertz CT molecular complexity index is 2030. The molecule has 9 nitrogen and oxygen atoms in total. The number of carbonyl (C=O) groups excluding carboxylic acids is 1. The molecule has 0 spiro atoms. The van der Waals surface area contributed by atoms with Crippen molar-refractivity contribution < 1.29 is 19.0 Å². The van der Waals surface area contributed by atoms with Crippen molar-refractivity contribution in [3.63, 3.8) is 0 Å². The quantitative estimate of drug-likeness (QED) is 0.136. The number of benzene rings is 4. The van der Waals surface area contributed by atoms with Gasteiger partial charge in [-0.3, -0.25) is 9.59 Å². The average Bonchev–Trinajstić information content (AvgIpc) is 3.06. The number of hydrogen-bond donors (Lipinski definition) is 1. The molecule has 0 bridgehead atoms. The molecule has 0 aliphatic heterocycles. The molecule has 5 aromatic rings. The van der Waals surface area contributed by atoms with E-state index < -0.39 is 0 Å². The van der Waals surface area contributed by atoms with Crippen LogP contribution in [-0.2, 0) is 4.79 Å². The molecule has 0 radical (unpaired) electrons. The number of fused-ring (bicyclic) bond motifs is 1. The van der Waals surface area contributed by atoms with E-state index in [1.54, 1.807) is 43.7 Å². The normalized spacial score (nSPS) is 11.3. The summed E-state index contributed by atoms with van der Waals surface area (Å²) in [5, 5.41) is 7.94. The Kier molecular flexibility index (Phi) is 10.8. The number of aromatic nitrogens is 2. The zero-order valence-electron chi connectivity index (χ0n) is 26.6. The molecular weight excluding hydrogens is 728 g/mol. The summed E-state index contributed by atoms with van der Waals surface area (Å²) >= 11 is 7.23. The van der Waals surface area contributed by atoms with Crippen molar-refractivity contribution in [2.75, 3.05) is 25.6 Å². The Morgan fingerprint density at radius 2 is 1.72 bits per heavy atom. The van der Waals surface area contributed by atoms with Crippen LogP contribution in [0.3, 0.4) is 0 Å². The Hall–Kier alpha value is -4.48. The molecule has 0 aliphatic carbocycles. The molecule has 0 saturated carbocycles. The zero-order chi connectivity index (χ0) is 33.7. The molecule has 1 N–H and O–H groups in total. The molecule has 47 heavy (non-hydrogen) atoms. The third kappa shape index (κ3) is 7.41. The second-order valence-electron chi connectivity index (χ2n) is 10.9. The van der Waals surface area contributed by atoms with Gasteiger partial charge in [0.1, 0.15) is 5.75 Å². The first kappa shape index (κ1) is 33.9. The first-order valence-corrected chi connectivity index (χ1v) is 16.6. The number of para-hydroxylation sites is 2. The standard InChI is InChI=1S/C36H34Br2N4O5/c1-6-46-30-17-23(32(37)33(38)34(30)47-20-31(43)40-24-12-8-7-9-13-24)19-39-42-35(41-28-15-11-10-14-25(28)36(42)44)27-18-26(21(2)3)29(45-5)16-22(27)4/h7-19,21H,6,20H2,1-5H3,(H,40,43). The highest BCUT2D eigenvalue weighted by Crippen LogP contribution is 2.42. The van der Waals surface area contributed by atoms with Crippen molar-refractivity contribution in [1.82, 2.24) is 9.66 Å². The van der Waals surface area contributed by atoms with Crippen LogP contribution in [0.4, 0.5) is 5.69 Å². The number of aryl methyl sites for hydroxylation is 1. The molecular formula is C36H34Br2N4O5. The van der Waals surface area contributed by atoms with Gasteiger partial charge in [0.2, 0.25) is 0 Å². The smallest absolute Gasteiger partial charge is 0.282 e. The lowest BCUT2D eigenvalue weighted by molar-refractivity contribution is -0.118. The number of halogens is 2. The monoisotopic (exact) mass is 760 g/mol. The summed E-state index contributed by atoms with van der Waals surface area (Å²) in [6, 6.07) is 22.1. The van der Waals surface area contributed by atoms with Crippen LogP contribution >= 0.6 is 31.9 Å². The summed E-state index contributed by atoms with van der Waals surface area (Å²) in [5.41, 5.74) is 4.17. The number of hydrogen-bond acceptors (Lipinski definition) is 7. The zero-order valence-corrected chi connectivity index (χ0v) is 29.8. The Balaban J connectivity index is 1.57. The molecule has 0 unspecified atom stereocenters. The maximum absolute atomic E-state index is 13.9. The molecule has 0 saturated heterocycles. The van der Waals surface area contributed by atoms with Crippen LogP contribution in [0.1, 0.15) is 43.4 Å². The minimum Gasteiger partial charge on any atom is -0.496 e. The van der Waals surface area contributed by atoms with Crippen LogP contribution in [0.2, 0.25) is 0 Å². The maximum Gasteiger partial charge on any atom is 0.282 e. The molecule has 0 aliphatic rings. The van der Waals surface area contributed by atoms with Crippen molar-refractivity contribution in [1.29, 1.82) is 0 Å². The lowest BCUT2D eigenvalue weighted by Gasteiger charge is -2.18. The third-order valence-electron chi connectivity index (χ3n) is 7.37. The largest absolute Gasteiger partial charge is 0.496 e. The van der Waals surface area contributed by atoms with Gasteiger partial charge in [0.15, 0.2) is 23.9 Å². The van der Waals surface area contributed by atoms with E-state index in [0.717, 1.165) is 22.4 Å². The number of ether oxygens (including phenoxy) is 3. The van der Waals surface area contributed by atoms with Gasteiger partial charge in [0, 0.05) is 21.3 Å². The fourth-order valence-corrected chi connectivity index (χ4v) is 5.98. The van der Waals surface area contributed by atoms with E-state index in [2.05, 4.69) is 56.1 Å². The number of amides is 1. The van der Waals surface area contributed by atoms with Gasteiger partial charge in [0.25, 0.3) is 11.5 Å². The highest BCUT2D eigenvalue weighted by molar-refractivity contribution is 9.13. The fraction of sp³-hybridized carbons (Fsp3) is 0.222. The summed E-state index contributed by atoms with van der Waals surface area (Å²) in [6.07, 6.45) is 1.56. The van der Waals surface area contributed by atoms with Crippen molar-refractivity contribution in [2.45, 2.75) is 33.6 Å². The van der Waals surface area contributed by atoms with Gasteiger partial charge >= 0.3 is 0 Å². The van der Waals surface area contributed by atoms with Gasteiger partial charge in [-0.05, 0) is 105 Å². The lowest BCUT2D eigenvalue weighted by atomic mass is 9.96. The number of nitrogens with zero attached hydrogens (tertiary/aromatic N) is 3. The molecule has 1 aromatic heterocycles. The van der Waals surface area contributed by atoms with Crippen molar-refractivity contribution in [2.24, 2.45) is 5.10 Å². The van der Waals surface area contributed by atoms with Gasteiger partial charge < -0.3 is 19.5 Å². The van der Waals surface area contributed by atoms with E-state index in [0.29, 0.717) is 55.0 Å². The van der Waals surface area contributed by atoms with Crippen LogP contribution in [-0.4, -0.2) is 42.1 Å². The molecule has 1 amide bonds. The molecule has 11 heteroatoms. The summed E-state index contributed by atoms with van der Waals surface area (Å²) in [5.74, 6) is 1.77. The Morgan fingerprint density at radius 3 is 2.43 bits per heavy atom. The summed E-state index contributed by atoms with van der Waals surface area (Å²) < 4.78 is 19.9. The van der Waals surface area contributed by atoms with Crippen LogP contribution in [0.25, 0.3) is 22.3 Å². The van der Waals surface area contributed by atoms with Crippen LogP contribution < -0.4 is 25.1 Å². The number of nitrogens with one attached hydrogen (secondary N) is 1. The SMILES string of the molecule is CCOc1cc(C=Nn2c(-c3cc(C(C)C)c(OC)cc3C)nc3ccccc3c2=O)c(Br)c(Br)c1OCC(=O)Nc1ccccc1. The van der Waals surface area contributed by atoms with Gasteiger partial charge in [-0.2, -0.15) is 9.78 Å². The molecule has 242 valence electrons. The minimum absolute atomic E-state index is 0.170.